The number of rotatable bonds is 5. The summed E-state index contributed by atoms with van der Waals surface area (Å²) in [6.45, 7) is 0. The minimum absolute atomic E-state index is 0.723. The van der Waals surface area contributed by atoms with Gasteiger partial charge in [0.25, 0.3) is 0 Å². The molecule has 2 nitrogen and oxygen atoms in total. The summed E-state index contributed by atoms with van der Waals surface area (Å²) in [5, 5.41) is 3.74. The maximum absolute atomic E-state index is 14.6. The molecule has 0 aliphatic rings. The van der Waals surface area contributed by atoms with Crippen molar-refractivity contribution in [2.45, 2.75) is 0 Å². The summed E-state index contributed by atoms with van der Waals surface area (Å²) in [7, 11) is -3.28. The molecule has 0 aromatic heterocycles. The van der Waals surface area contributed by atoms with E-state index in [2.05, 4.69) is 30.3 Å². The van der Waals surface area contributed by atoms with Crippen LogP contribution in [0.25, 0.3) is 10.8 Å². The predicted molar refractivity (Wildman–Crippen MR) is 136 cm³/mol. The van der Waals surface area contributed by atoms with Gasteiger partial charge in [-0.1, -0.05) is 103 Å². The highest BCUT2D eigenvalue weighted by Gasteiger charge is 2.28. The zero-order chi connectivity index (χ0) is 21.8. The first kappa shape index (κ1) is 20.2. The number of hydrogen-bond donors (Lipinski definition) is 0. The summed E-state index contributed by atoms with van der Waals surface area (Å²) in [6, 6.07) is 43.7. The van der Waals surface area contributed by atoms with Crippen LogP contribution in [0.3, 0.4) is 0 Å². The van der Waals surface area contributed by atoms with E-state index in [1.54, 1.807) is 0 Å². The van der Waals surface area contributed by atoms with Crippen molar-refractivity contribution in [2.24, 2.45) is 4.76 Å². The first-order valence-corrected chi connectivity index (χ1v) is 12.3. The molecule has 0 saturated carbocycles. The van der Waals surface area contributed by atoms with Crippen molar-refractivity contribution in [1.29, 1.82) is 0 Å². The quantitative estimate of drug-likeness (QED) is 0.228. The molecule has 0 aliphatic carbocycles. The van der Waals surface area contributed by atoms with Gasteiger partial charge in [0.2, 0.25) is 7.29 Å². The van der Waals surface area contributed by atoms with Crippen molar-refractivity contribution in [3.63, 3.8) is 0 Å². The van der Waals surface area contributed by atoms with Crippen LogP contribution in [-0.4, -0.2) is 5.71 Å². The van der Waals surface area contributed by atoms with Crippen molar-refractivity contribution in [3.05, 3.63) is 145 Å². The molecular weight excluding hydrogens is 409 g/mol. The molecule has 0 bridgehead atoms. The Morgan fingerprint density at radius 1 is 0.500 bits per heavy atom. The molecule has 154 valence electrons. The Morgan fingerprint density at radius 2 is 1.00 bits per heavy atom. The average Bonchev–Trinajstić information content (AvgIpc) is 2.88. The third-order valence-corrected chi connectivity index (χ3v) is 8.00. The molecule has 0 N–H and O–H groups in total. The van der Waals surface area contributed by atoms with Crippen LogP contribution in [0.4, 0.5) is 0 Å². The number of benzene rings is 5. The minimum Gasteiger partial charge on any atom is -0.288 e. The molecule has 0 spiro atoms. The SMILES string of the molecule is O=P(N=C(c1ccccc1)c1ccc2ccccc2c1)(c1ccccc1)c1ccccc1. The highest BCUT2D eigenvalue weighted by molar-refractivity contribution is 7.77. The Morgan fingerprint density at radius 3 is 1.59 bits per heavy atom. The van der Waals surface area contributed by atoms with Gasteiger partial charge in [-0.05, 0) is 41.1 Å². The van der Waals surface area contributed by atoms with E-state index in [1.165, 1.54) is 0 Å². The summed E-state index contributed by atoms with van der Waals surface area (Å²) in [5.41, 5.74) is 2.62. The lowest BCUT2D eigenvalue weighted by molar-refractivity contribution is 0.588. The number of hydrogen-bond acceptors (Lipinski definition) is 1. The van der Waals surface area contributed by atoms with Gasteiger partial charge >= 0.3 is 0 Å². The van der Waals surface area contributed by atoms with Gasteiger partial charge in [-0.25, -0.2) is 4.76 Å². The van der Waals surface area contributed by atoms with E-state index >= 15 is 0 Å². The molecule has 0 radical (unpaired) electrons. The summed E-state index contributed by atoms with van der Waals surface area (Å²) in [4.78, 5) is 0. The van der Waals surface area contributed by atoms with E-state index in [0.717, 1.165) is 38.2 Å². The third-order valence-electron chi connectivity index (χ3n) is 5.52. The van der Waals surface area contributed by atoms with Crippen LogP contribution in [0.1, 0.15) is 11.1 Å². The van der Waals surface area contributed by atoms with Crippen LogP contribution in [0.2, 0.25) is 0 Å². The Hall–Kier alpha value is -3.74. The van der Waals surface area contributed by atoms with Crippen LogP contribution in [0.5, 0.6) is 0 Å². The van der Waals surface area contributed by atoms with Crippen molar-refractivity contribution < 1.29 is 4.57 Å². The van der Waals surface area contributed by atoms with Gasteiger partial charge in [0, 0.05) is 21.7 Å². The first-order valence-electron chi connectivity index (χ1n) is 10.6. The van der Waals surface area contributed by atoms with Crippen LogP contribution in [0, 0.1) is 0 Å². The third kappa shape index (κ3) is 3.93. The number of nitrogens with zero attached hydrogens (tertiary/aromatic N) is 1. The molecule has 5 aromatic carbocycles. The van der Waals surface area contributed by atoms with Crippen molar-refractivity contribution in [1.82, 2.24) is 0 Å². The van der Waals surface area contributed by atoms with E-state index in [-0.39, 0.29) is 0 Å². The summed E-state index contributed by atoms with van der Waals surface area (Å²) < 4.78 is 19.7. The van der Waals surface area contributed by atoms with Gasteiger partial charge in [0.05, 0.1) is 5.71 Å². The Bertz CT molecular complexity index is 1380. The monoisotopic (exact) mass is 431 g/mol. The van der Waals surface area contributed by atoms with Gasteiger partial charge in [0.15, 0.2) is 0 Å². The summed E-state index contributed by atoms with van der Waals surface area (Å²) in [6.07, 6.45) is 0. The second-order valence-electron chi connectivity index (χ2n) is 7.62. The number of fused-ring (bicyclic) bond motifs is 1. The highest BCUT2D eigenvalue weighted by atomic mass is 31.2. The minimum atomic E-state index is -3.28. The summed E-state index contributed by atoms with van der Waals surface area (Å²) >= 11 is 0. The van der Waals surface area contributed by atoms with Crippen LogP contribution in [0.15, 0.2) is 138 Å². The average molecular weight is 431 g/mol. The van der Waals surface area contributed by atoms with Crippen molar-refractivity contribution >= 4 is 34.4 Å². The molecule has 3 heteroatoms. The fourth-order valence-electron chi connectivity index (χ4n) is 3.88. The maximum Gasteiger partial charge on any atom is 0.247 e. The molecule has 0 unspecified atom stereocenters. The molecule has 32 heavy (non-hydrogen) atoms. The molecule has 0 saturated heterocycles. The van der Waals surface area contributed by atoms with Gasteiger partial charge < -0.3 is 0 Å². The molecule has 0 heterocycles. The Balaban J connectivity index is 1.79. The largest absolute Gasteiger partial charge is 0.288 e. The molecule has 0 amide bonds. The molecule has 0 aliphatic heterocycles. The van der Waals surface area contributed by atoms with Gasteiger partial charge in [-0.15, -0.1) is 0 Å². The lowest BCUT2D eigenvalue weighted by Gasteiger charge is -2.18. The van der Waals surface area contributed by atoms with E-state index in [0.29, 0.717) is 0 Å². The Labute approximate surface area is 188 Å². The van der Waals surface area contributed by atoms with Crippen molar-refractivity contribution in [2.75, 3.05) is 0 Å². The second kappa shape index (κ2) is 8.78. The van der Waals surface area contributed by atoms with Gasteiger partial charge in [-0.3, -0.25) is 4.57 Å². The zero-order valence-corrected chi connectivity index (χ0v) is 18.4. The smallest absolute Gasteiger partial charge is 0.247 e. The highest BCUT2D eigenvalue weighted by Crippen LogP contribution is 2.46. The Kier molecular flexibility index (Phi) is 5.54. The van der Waals surface area contributed by atoms with Crippen molar-refractivity contribution in [3.8, 4) is 0 Å². The van der Waals surface area contributed by atoms with Crippen LogP contribution in [-0.2, 0) is 4.57 Å². The standard InChI is InChI=1S/C29H22NOP/c31-32(27-16-6-2-7-17-27,28-18-8-3-9-19-28)30-29(24-13-4-1-5-14-24)26-21-20-23-12-10-11-15-25(23)22-26/h1-22H. The normalized spacial score (nSPS) is 12.1. The zero-order valence-electron chi connectivity index (χ0n) is 17.5. The van der Waals surface area contributed by atoms with Crippen LogP contribution >= 0.6 is 7.29 Å². The van der Waals surface area contributed by atoms with Gasteiger partial charge in [0.1, 0.15) is 0 Å². The molecule has 5 rings (SSSR count). The fraction of sp³-hybridized carbons (Fsp3) is 0. The van der Waals surface area contributed by atoms with E-state index < -0.39 is 7.29 Å². The van der Waals surface area contributed by atoms with E-state index in [9.17, 15) is 4.57 Å². The van der Waals surface area contributed by atoms with Crippen LogP contribution < -0.4 is 10.6 Å². The molecular formula is C29H22NOP. The fourth-order valence-corrected chi connectivity index (χ4v) is 6.07. The molecule has 0 fully saturated rings. The van der Waals surface area contributed by atoms with E-state index in [1.807, 2.05) is 103 Å². The molecule has 5 aromatic rings. The second-order valence-corrected chi connectivity index (χ2v) is 10.0. The topological polar surface area (TPSA) is 29.4 Å². The summed E-state index contributed by atoms with van der Waals surface area (Å²) in [5.74, 6) is 0. The predicted octanol–water partition coefficient (Wildman–Crippen LogP) is 6.61. The molecule has 0 atom stereocenters. The maximum atomic E-state index is 14.6. The lowest BCUT2D eigenvalue weighted by Crippen LogP contribution is -2.16. The van der Waals surface area contributed by atoms with E-state index in [4.69, 9.17) is 4.76 Å². The lowest BCUT2D eigenvalue weighted by atomic mass is 9.99. The first-order chi connectivity index (χ1) is 15.7. The van der Waals surface area contributed by atoms with Gasteiger partial charge in [-0.2, -0.15) is 0 Å².